The maximum atomic E-state index is 13.9. The normalized spacial score (nSPS) is 13.5. The summed E-state index contributed by atoms with van der Waals surface area (Å²) in [5, 5.41) is 6.23. The van der Waals surface area contributed by atoms with Gasteiger partial charge in [0, 0.05) is 16.1 Å². The van der Waals surface area contributed by atoms with Gasteiger partial charge in [0.05, 0.1) is 5.56 Å². The first kappa shape index (κ1) is 20.4. The van der Waals surface area contributed by atoms with Gasteiger partial charge < -0.3 is 4.42 Å². The smallest absolute Gasteiger partial charge is 0.422 e. The van der Waals surface area contributed by atoms with Crippen molar-refractivity contribution >= 4 is 32.6 Å². The number of fused-ring (bicyclic) bond motifs is 3. The van der Waals surface area contributed by atoms with Gasteiger partial charge in [-0.25, -0.2) is 9.97 Å². The van der Waals surface area contributed by atoms with Crippen molar-refractivity contribution in [3.05, 3.63) is 40.5 Å². The van der Waals surface area contributed by atoms with E-state index in [0.717, 1.165) is 23.1 Å². The van der Waals surface area contributed by atoms with Crippen LogP contribution in [0.3, 0.4) is 0 Å². The zero-order valence-corrected chi connectivity index (χ0v) is 15.4. The van der Waals surface area contributed by atoms with Crippen LogP contribution in [0.5, 0.6) is 0 Å². The number of rotatable bonds is 2. The summed E-state index contributed by atoms with van der Waals surface area (Å²) >= 11 is 2.88. The zero-order valence-electron chi connectivity index (χ0n) is 13.9. The van der Waals surface area contributed by atoms with E-state index in [0.29, 0.717) is 0 Å². The Labute approximate surface area is 167 Å². The molecule has 4 aromatic rings. The number of halogens is 9. The number of imidazole rings is 1. The van der Waals surface area contributed by atoms with E-state index < -0.39 is 40.6 Å². The molecule has 0 aliphatic heterocycles. The molecule has 0 unspecified atom stereocenters. The Kier molecular flexibility index (Phi) is 4.31. The molecule has 0 amide bonds. The number of hydrogen-bond donors (Lipinski definition) is 0. The first-order chi connectivity index (χ1) is 13.8. The highest BCUT2D eigenvalue weighted by molar-refractivity contribution is 9.10. The van der Waals surface area contributed by atoms with Crippen molar-refractivity contribution in [1.29, 1.82) is 0 Å². The van der Waals surface area contributed by atoms with Crippen LogP contribution in [0.2, 0.25) is 0 Å². The fourth-order valence-electron chi connectivity index (χ4n) is 2.71. The summed E-state index contributed by atoms with van der Waals surface area (Å²) in [5.74, 6) is -5.79. The molecule has 0 aliphatic rings. The molecule has 6 nitrogen and oxygen atoms in total. The first-order valence-corrected chi connectivity index (χ1v) is 8.41. The van der Waals surface area contributed by atoms with E-state index in [4.69, 9.17) is 4.42 Å². The van der Waals surface area contributed by atoms with Crippen molar-refractivity contribution < 1.29 is 39.5 Å². The maximum Gasteiger partial charge on any atom is 0.459 e. The molecule has 0 bridgehead atoms. The van der Waals surface area contributed by atoms with E-state index in [1.807, 2.05) is 0 Å². The van der Waals surface area contributed by atoms with Gasteiger partial charge in [-0.2, -0.15) is 35.1 Å². The summed E-state index contributed by atoms with van der Waals surface area (Å²) in [6, 6.07) is 0.795. The zero-order chi connectivity index (χ0) is 22.1. The lowest BCUT2D eigenvalue weighted by atomic mass is 10.1. The number of hydrogen-bond acceptors (Lipinski definition) is 5. The van der Waals surface area contributed by atoms with Crippen molar-refractivity contribution in [1.82, 2.24) is 24.6 Å². The van der Waals surface area contributed by atoms with Crippen LogP contribution in [0.25, 0.3) is 28.3 Å². The molecule has 158 valence electrons. The molecule has 4 aromatic heterocycles. The molecule has 0 fully saturated rings. The highest BCUT2D eigenvalue weighted by Gasteiger charge is 2.60. The van der Waals surface area contributed by atoms with Crippen molar-refractivity contribution in [2.45, 2.75) is 18.3 Å². The van der Waals surface area contributed by atoms with Crippen LogP contribution in [-0.4, -0.2) is 30.7 Å². The Morgan fingerprint density at radius 2 is 1.67 bits per heavy atom. The third kappa shape index (κ3) is 3.07. The summed E-state index contributed by atoms with van der Waals surface area (Å²) < 4.78 is 112. The molecule has 0 radical (unpaired) electrons. The van der Waals surface area contributed by atoms with Crippen LogP contribution in [0.1, 0.15) is 11.3 Å². The number of alkyl halides is 8. The summed E-state index contributed by atoms with van der Waals surface area (Å²) in [4.78, 5) is 7.23. The van der Waals surface area contributed by atoms with Crippen molar-refractivity contribution in [2.24, 2.45) is 0 Å². The van der Waals surface area contributed by atoms with E-state index in [1.165, 1.54) is 0 Å². The lowest BCUT2D eigenvalue weighted by Crippen LogP contribution is -2.35. The van der Waals surface area contributed by atoms with E-state index in [2.05, 4.69) is 36.1 Å². The van der Waals surface area contributed by atoms with E-state index >= 15 is 0 Å². The molecule has 0 aliphatic carbocycles. The Hall–Kier alpha value is -2.84. The second kappa shape index (κ2) is 6.33. The molecule has 0 N–H and O–H groups in total. The monoisotopic (exact) mass is 501 g/mol. The van der Waals surface area contributed by atoms with Gasteiger partial charge in [0.1, 0.15) is 22.7 Å². The van der Waals surface area contributed by atoms with Gasteiger partial charge in [0.2, 0.25) is 6.39 Å². The molecule has 0 saturated heterocycles. The Bertz CT molecular complexity index is 1260. The summed E-state index contributed by atoms with van der Waals surface area (Å²) in [5.41, 5.74) is -4.84. The Morgan fingerprint density at radius 1 is 0.967 bits per heavy atom. The Morgan fingerprint density at radius 3 is 2.23 bits per heavy atom. The van der Waals surface area contributed by atoms with Gasteiger partial charge in [-0.3, -0.25) is 4.40 Å². The minimum atomic E-state index is -6.16. The van der Waals surface area contributed by atoms with Gasteiger partial charge in [-0.05, 0) is 28.1 Å². The second-order valence-corrected chi connectivity index (χ2v) is 6.77. The number of aromatic nitrogens is 5. The molecule has 4 rings (SSSR count). The molecule has 0 saturated carbocycles. The SMILES string of the molecule is FC(F)(F)c1cc(C(F)(F)C(F)(F)F)nc2c1c(Br)cc1nc(-c3nnco3)cn12. The average molecular weight is 502 g/mol. The predicted molar refractivity (Wildman–Crippen MR) is 86.4 cm³/mol. The molecule has 30 heavy (non-hydrogen) atoms. The second-order valence-electron chi connectivity index (χ2n) is 5.91. The fourth-order valence-corrected chi connectivity index (χ4v) is 3.31. The van der Waals surface area contributed by atoms with Gasteiger partial charge in [-0.15, -0.1) is 10.2 Å². The van der Waals surface area contributed by atoms with Crippen molar-refractivity contribution in [3.63, 3.8) is 0 Å². The molecule has 0 aromatic carbocycles. The third-order valence-electron chi connectivity index (χ3n) is 4.02. The summed E-state index contributed by atoms with van der Waals surface area (Å²) in [6.07, 6.45) is -9.45. The van der Waals surface area contributed by atoms with E-state index in [1.54, 1.807) is 0 Å². The fraction of sp³-hybridized carbons (Fsp3) is 0.200. The van der Waals surface area contributed by atoms with Gasteiger partial charge in [0.15, 0.2) is 0 Å². The van der Waals surface area contributed by atoms with Crippen LogP contribution >= 0.6 is 15.9 Å². The number of nitrogens with zero attached hydrogens (tertiary/aromatic N) is 5. The third-order valence-corrected chi connectivity index (χ3v) is 4.64. The molecular formula is C15H4BrF8N5O. The van der Waals surface area contributed by atoms with Gasteiger partial charge in [-0.1, -0.05) is 0 Å². The minimum absolute atomic E-state index is 0.0600. The van der Waals surface area contributed by atoms with Crippen molar-refractivity contribution in [3.8, 4) is 11.6 Å². The van der Waals surface area contributed by atoms with E-state index in [-0.39, 0.29) is 27.8 Å². The quantitative estimate of drug-likeness (QED) is 0.345. The average Bonchev–Trinajstić information content (AvgIpc) is 3.28. The Balaban J connectivity index is 2.13. The minimum Gasteiger partial charge on any atom is -0.422 e. The lowest BCUT2D eigenvalue weighted by molar-refractivity contribution is -0.291. The van der Waals surface area contributed by atoms with Crippen LogP contribution in [0, 0.1) is 0 Å². The molecule has 4 heterocycles. The highest BCUT2D eigenvalue weighted by Crippen LogP contribution is 2.46. The first-order valence-electron chi connectivity index (χ1n) is 7.62. The van der Waals surface area contributed by atoms with Crippen LogP contribution < -0.4 is 0 Å². The molecule has 15 heteroatoms. The topological polar surface area (TPSA) is 69.1 Å². The van der Waals surface area contributed by atoms with Gasteiger partial charge >= 0.3 is 18.3 Å². The van der Waals surface area contributed by atoms with Crippen LogP contribution in [0.4, 0.5) is 35.1 Å². The van der Waals surface area contributed by atoms with E-state index in [9.17, 15) is 35.1 Å². The van der Waals surface area contributed by atoms with Crippen molar-refractivity contribution in [2.75, 3.05) is 0 Å². The molecule has 0 spiro atoms. The van der Waals surface area contributed by atoms with Gasteiger partial charge in [0.25, 0.3) is 5.89 Å². The summed E-state index contributed by atoms with van der Waals surface area (Å²) in [6.45, 7) is 0. The largest absolute Gasteiger partial charge is 0.459 e. The highest BCUT2D eigenvalue weighted by atomic mass is 79.9. The van der Waals surface area contributed by atoms with Crippen LogP contribution in [0.15, 0.2) is 33.6 Å². The molecule has 0 atom stereocenters. The lowest BCUT2D eigenvalue weighted by Gasteiger charge is -2.21. The summed E-state index contributed by atoms with van der Waals surface area (Å²) in [7, 11) is 0. The number of pyridine rings is 2. The predicted octanol–water partition coefficient (Wildman–Crippen LogP) is 5.37. The van der Waals surface area contributed by atoms with Crippen LogP contribution in [-0.2, 0) is 12.1 Å². The molecular weight excluding hydrogens is 498 g/mol. The maximum absolute atomic E-state index is 13.9. The standard InChI is InChI=1S/C15H4BrF8N5O/c16-6-2-9-26-7(12-28-25-4-30-12)3-29(9)11-10(6)5(14(19,20)21)1-8(27-11)13(17,18)15(22,23)24/h1-4H.